The summed E-state index contributed by atoms with van der Waals surface area (Å²) in [6, 6.07) is 23.8. The van der Waals surface area contributed by atoms with E-state index in [0.717, 1.165) is 53.0 Å². The number of rotatable bonds is 6. The number of hydrogen-bond acceptors (Lipinski definition) is 3. The van der Waals surface area contributed by atoms with E-state index in [1.165, 1.54) is 6.42 Å². The average Bonchev–Trinajstić information content (AvgIpc) is 2.77. The van der Waals surface area contributed by atoms with Crippen molar-refractivity contribution in [3.8, 4) is 5.75 Å². The Morgan fingerprint density at radius 3 is 1.68 bits per heavy atom. The Morgan fingerprint density at radius 2 is 1.16 bits per heavy atom. The zero-order chi connectivity index (χ0) is 21.9. The van der Waals surface area contributed by atoms with Crippen LogP contribution in [0.5, 0.6) is 5.75 Å². The first-order valence-electron chi connectivity index (χ1n) is 11.3. The second-order valence-corrected chi connectivity index (χ2v) is 11.9. The van der Waals surface area contributed by atoms with Gasteiger partial charge in [0, 0.05) is 0 Å². The van der Waals surface area contributed by atoms with Crippen LogP contribution in [0.3, 0.4) is 0 Å². The van der Waals surface area contributed by atoms with Crippen LogP contribution < -0.4 is 15.1 Å². The third kappa shape index (κ3) is 4.15. The molecule has 3 aromatic rings. The Balaban J connectivity index is 2.01. The van der Waals surface area contributed by atoms with Crippen molar-refractivity contribution in [1.29, 1.82) is 0 Å². The summed E-state index contributed by atoms with van der Waals surface area (Å²) in [5.74, 6) is 0.657. The van der Waals surface area contributed by atoms with Crippen molar-refractivity contribution in [2.24, 2.45) is 0 Å². The molecule has 0 bridgehead atoms. The first kappa shape index (κ1) is 22.0. The Labute approximate surface area is 186 Å². The molecule has 0 heterocycles. The van der Waals surface area contributed by atoms with Gasteiger partial charge in [0.05, 0.1) is 0 Å². The molecule has 164 valence electrons. The van der Waals surface area contributed by atoms with E-state index in [1.807, 2.05) is 93.6 Å². The van der Waals surface area contributed by atoms with Gasteiger partial charge < -0.3 is 0 Å². The van der Waals surface area contributed by atoms with E-state index in [0.29, 0.717) is 5.75 Å². The van der Waals surface area contributed by atoms with Crippen molar-refractivity contribution in [3.05, 3.63) is 89.5 Å². The molecule has 1 aliphatic carbocycles. The van der Waals surface area contributed by atoms with Crippen molar-refractivity contribution < 1.29 is 13.9 Å². The van der Waals surface area contributed by atoms with Crippen LogP contribution in [-0.2, 0) is 4.52 Å². The van der Waals surface area contributed by atoms with E-state index < -0.39 is 7.28 Å². The molecule has 1 aliphatic rings. The van der Waals surface area contributed by atoms with Gasteiger partial charge >= 0.3 is 186 Å². The average molecular weight is 437 g/mol. The van der Waals surface area contributed by atoms with Crippen molar-refractivity contribution >= 4 is 17.9 Å². The molecule has 0 unspecified atom stereocenters. The van der Waals surface area contributed by atoms with E-state index >= 15 is 0 Å². The Bertz CT molecular complexity index is 1010. The number of hydrogen-bond donors (Lipinski definition) is 1. The van der Waals surface area contributed by atoms with Crippen LogP contribution in [0.15, 0.2) is 72.8 Å². The minimum absolute atomic E-state index is 0.0420. The van der Waals surface area contributed by atoms with Gasteiger partial charge in [0.15, 0.2) is 0 Å². The normalized spacial score (nSPS) is 16.5. The molecule has 4 heteroatoms. The van der Waals surface area contributed by atoms with Gasteiger partial charge in [-0.15, -0.1) is 0 Å². The molecule has 3 nitrogen and oxygen atoms in total. The fourth-order valence-corrected chi connectivity index (χ4v) is 8.81. The molecule has 1 N–H and O–H groups in total. The van der Waals surface area contributed by atoms with Crippen molar-refractivity contribution in [2.75, 3.05) is 0 Å². The second-order valence-electron chi connectivity index (χ2n) is 8.71. The third-order valence-electron chi connectivity index (χ3n) is 6.34. The first-order valence-corrected chi connectivity index (χ1v) is 13.3. The third-order valence-corrected chi connectivity index (χ3v) is 10.3. The van der Waals surface area contributed by atoms with Gasteiger partial charge in [0.2, 0.25) is 0 Å². The molecular weight excluding hydrogens is 403 g/mol. The van der Waals surface area contributed by atoms with E-state index in [9.17, 15) is 4.89 Å². The van der Waals surface area contributed by atoms with Crippen molar-refractivity contribution in [2.45, 2.75) is 59.0 Å². The molecule has 0 radical (unpaired) electrons. The summed E-state index contributed by atoms with van der Waals surface area (Å²) in [6.07, 6.45) is 5.28. The zero-order valence-electron chi connectivity index (χ0n) is 18.8. The summed E-state index contributed by atoms with van der Waals surface area (Å²) in [5, 5.41) is 1.49. The van der Waals surface area contributed by atoms with E-state index in [1.54, 1.807) is 0 Å². The fourth-order valence-electron chi connectivity index (χ4n) is 4.66. The van der Waals surface area contributed by atoms with E-state index in [2.05, 4.69) is 0 Å². The fraction of sp³-hybridized carbons (Fsp3) is 0.333. The molecule has 0 atom stereocenters. The zero-order valence-corrected chi connectivity index (χ0v) is 19.6. The molecule has 3 aromatic carbocycles. The van der Waals surface area contributed by atoms with Gasteiger partial charge in [-0.25, -0.2) is 0 Å². The SMILES string of the molecule is Cc1ccccc1OP(O)(OC1CCCCC1)(c1ccccc1C)c1ccccc1C. The van der Waals surface area contributed by atoms with Crippen LogP contribution in [0.2, 0.25) is 0 Å². The van der Waals surface area contributed by atoms with Crippen molar-refractivity contribution in [1.82, 2.24) is 0 Å². The maximum absolute atomic E-state index is 13.1. The molecule has 0 aliphatic heterocycles. The summed E-state index contributed by atoms with van der Waals surface area (Å²) >= 11 is 0. The monoisotopic (exact) mass is 436 g/mol. The molecule has 0 amide bonds. The molecule has 0 spiro atoms. The topological polar surface area (TPSA) is 38.7 Å². The van der Waals surface area contributed by atoms with Gasteiger partial charge in [-0.05, 0) is 0 Å². The molecular formula is C27H33O3P. The Kier molecular flexibility index (Phi) is 6.21. The minimum atomic E-state index is -4.52. The van der Waals surface area contributed by atoms with Gasteiger partial charge in [0.25, 0.3) is 0 Å². The van der Waals surface area contributed by atoms with Crippen LogP contribution in [0.4, 0.5) is 0 Å². The summed E-state index contributed by atoms with van der Waals surface area (Å²) in [5.41, 5.74) is 2.91. The predicted molar refractivity (Wildman–Crippen MR) is 131 cm³/mol. The van der Waals surface area contributed by atoms with Gasteiger partial charge in [0.1, 0.15) is 0 Å². The van der Waals surface area contributed by atoms with E-state index in [-0.39, 0.29) is 6.10 Å². The molecule has 31 heavy (non-hydrogen) atoms. The molecule has 4 rings (SSSR count). The van der Waals surface area contributed by atoms with Crippen LogP contribution in [0.1, 0.15) is 48.8 Å². The summed E-state index contributed by atoms with van der Waals surface area (Å²) in [4.78, 5) is 13.1. The van der Waals surface area contributed by atoms with E-state index in [4.69, 9.17) is 9.05 Å². The number of benzene rings is 3. The Morgan fingerprint density at radius 1 is 0.677 bits per heavy atom. The summed E-state index contributed by atoms with van der Waals surface area (Å²) in [6.45, 7) is 6.06. The molecule has 1 fully saturated rings. The Hall–Kier alpha value is -2.19. The van der Waals surface area contributed by atoms with Crippen LogP contribution in [-0.4, -0.2) is 11.0 Å². The van der Waals surface area contributed by atoms with Gasteiger partial charge in [-0.1, -0.05) is 0 Å². The summed E-state index contributed by atoms with van der Waals surface area (Å²) < 4.78 is 13.7. The number of aryl methyl sites for hydroxylation is 3. The quantitative estimate of drug-likeness (QED) is 0.462. The summed E-state index contributed by atoms with van der Waals surface area (Å²) in [7, 11) is -4.52. The number of para-hydroxylation sites is 1. The second kappa shape index (κ2) is 8.74. The molecule has 0 saturated heterocycles. The van der Waals surface area contributed by atoms with Crippen LogP contribution in [0.25, 0.3) is 0 Å². The predicted octanol–water partition coefficient (Wildman–Crippen LogP) is 6.28. The molecule has 1 saturated carbocycles. The van der Waals surface area contributed by atoms with Crippen LogP contribution in [0, 0.1) is 20.8 Å². The first-order chi connectivity index (χ1) is 14.9. The molecule has 0 aromatic heterocycles. The van der Waals surface area contributed by atoms with Gasteiger partial charge in [-0.3, -0.25) is 0 Å². The van der Waals surface area contributed by atoms with Crippen molar-refractivity contribution in [3.63, 3.8) is 0 Å². The maximum atomic E-state index is 13.1. The van der Waals surface area contributed by atoms with Gasteiger partial charge in [-0.2, -0.15) is 0 Å². The van der Waals surface area contributed by atoms with Crippen LogP contribution >= 0.6 is 7.28 Å². The standard InChI is InChI=1S/C27H33O3P/c1-21-13-7-10-18-25(21)30-31(28,26-19-11-8-14-22(26)2,27-20-12-9-15-23(27)3)29-24-16-5-4-6-17-24/h7-15,18-20,24,28H,4-6,16-17H2,1-3H3.